The maximum atomic E-state index is 13.0. The molecule has 2 aromatic rings. The lowest BCUT2D eigenvalue weighted by molar-refractivity contribution is -0.123. The number of amides is 1. The Labute approximate surface area is 116 Å². The summed E-state index contributed by atoms with van der Waals surface area (Å²) in [5.74, 6) is -0.0118. The minimum absolute atomic E-state index is 0.0652. The van der Waals surface area contributed by atoms with Crippen molar-refractivity contribution in [3.63, 3.8) is 0 Å². The zero-order chi connectivity index (χ0) is 14.4. The van der Waals surface area contributed by atoms with Gasteiger partial charge >= 0.3 is 0 Å². The Kier molecular flexibility index (Phi) is 4.90. The first-order chi connectivity index (χ1) is 9.70. The molecule has 1 aromatic carbocycles. The summed E-state index contributed by atoms with van der Waals surface area (Å²) in [4.78, 5) is 11.0. The highest BCUT2D eigenvalue weighted by Gasteiger charge is 2.17. The first kappa shape index (κ1) is 14.3. The number of rotatable bonds is 6. The van der Waals surface area contributed by atoms with Gasteiger partial charge in [0.15, 0.2) is 0 Å². The Balaban J connectivity index is 2.09. The molecular weight excluding hydrogens is 261 g/mol. The van der Waals surface area contributed by atoms with E-state index in [1.54, 1.807) is 24.5 Å². The monoisotopic (exact) mass is 277 g/mol. The number of carbonyl (C=O) groups is 1. The van der Waals surface area contributed by atoms with Crippen LogP contribution >= 0.6 is 0 Å². The molecule has 0 spiro atoms. The predicted octanol–water partition coefficient (Wildman–Crippen LogP) is 2.05. The molecule has 0 aliphatic heterocycles. The molecule has 2 N–H and O–H groups in total. The van der Waals surface area contributed by atoms with E-state index in [-0.39, 0.29) is 11.7 Å². The molecule has 0 bridgehead atoms. The lowest BCUT2D eigenvalue weighted by Gasteiger charge is -2.15. The maximum absolute atomic E-state index is 13.0. The first-order valence-corrected chi connectivity index (χ1v) is 6.37. The van der Waals surface area contributed by atoms with Crippen LogP contribution in [0.5, 0.6) is 0 Å². The van der Waals surface area contributed by atoms with Crippen LogP contribution in [0, 0.1) is 5.82 Å². The lowest BCUT2D eigenvalue weighted by atomic mass is 9.93. The average molecular weight is 277 g/mol. The van der Waals surface area contributed by atoms with Crippen molar-refractivity contribution in [2.45, 2.75) is 12.3 Å². The van der Waals surface area contributed by atoms with Gasteiger partial charge < -0.3 is 14.8 Å². The van der Waals surface area contributed by atoms with E-state index in [1.807, 2.05) is 6.07 Å². The molecule has 2 rings (SSSR count). The van der Waals surface area contributed by atoms with Crippen LogP contribution in [0.3, 0.4) is 0 Å². The lowest BCUT2D eigenvalue weighted by Crippen LogP contribution is -2.28. The summed E-state index contributed by atoms with van der Waals surface area (Å²) in [5, 5.41) is 11.3. The summed E-state index contributed by atoms with van der Waals surface area (Å²) >= 11 is 0. The van der Waals surface area contributed by atoms with Gasteiger partial charge in [0.2, 0.25) is 5.91 Å². The molecule has 1 heterocycles. The smallest absolute Gasteiger partial charge is 0.245 e. The van der Waals surface area contributed by atoms with Gasteiger partial charge in [-0.15, -0.1) is 0 Å². The molecule has 4 nitrogen and oxygen atoms in total. The number of aliphatic hydroxyl groups excluding tert-OH is 1. The van der Waals surface area contributed by atoms with Gasteiger partial charge in [-0.05, 0) is 36.2 Å². The van der Waals surface area contributed by atoms with Crippen LogP contribution in [-0.4, -0.2) is 24.2 Å². The number of hydrogen-bond donors (Lipinski definition) is 2. The Morgan fingerprint density at radius 3 is 2.65 bits per heavy atom. The minimum Gasteiger partial charge on any atom is -0.469 e. The van der Waals surface area contributed by atoms with Crippen molar-refractivity contribution in [2.24, 2.45) is 0 Å². The molecule has 0 unspecified atom stereocenters. The van der Waals surface area contributed by atoms with Gasteiger partial charge in [0.25, 0.3) is 0 Å². The fraction of sp³-hybridized carbons (Fsp3) is 0.267. The second-order valence-electron chi connectivity index (χ2n) is 4.42. The highest BCUT2D eigenvalue weighted by Crippen LogP contribution is 2.28. The quantitative estimate of drug-likeness (QED) is 0.849. The fourth-order valence-electron chi connectivity index (χ4n) is 2.07. The number of nitrogens with one attached hydrogen (secondary N) is 1. The largest absolute Gasteiger partial charge is 0.469 e. The van der Waals surface area contributed by atoms with Crippen LogP contribution in [0.25, 0.3) is 0 Å². The standard InChI is InChI=1S/C15H16FNO3/c16-12-5-3-11(4-6-12)13(14-2-1-9-20-14)7-8-17-15(19)10-18/h1-6,9,13,18H,7-8,10H2,(H,17,19)/t13-/m1/s1. The van der Waals surface area contributed by atoms with E-state index in [1.165, 1.54) is 12.1 Å². The summed E-state index contributed by atoms with van der Waals surface area (Å²) in [5.41, 5.74) is 0.916. The summed E-state index contributed by atoms with van der Waals surface area (Å²) < 4.78 is 18.4. The number of furan rings is 1. The maximum Gasteiger partial charge on any atom is 0.245 e. The molecule has 0 saturated carbocycles. The zero-order valence-corrected chi connectivity index (χ0v) is 10.9. The molecule has 0 saturated heterocycles. The molecular formula is C15H16FNO3. The zero-order valence-electron chi connectivity index (χ0n) is 10.9. The SMILES string of the molecule is O=C(CO)NCC[C@H](c1ccc(F)cc1)c1ccco1. The topological polar surface area (TPSA) is 62.5 Å². The number of hydrogen-bond acceptors (Lipinski definition) is 3. The first-order valence-electron chi connectivity index (χ1n) is 6.37. The Hall–Kier alpha value is -2.14. The van der Waals surface area contributed by atoms with Gasteiger partial charge in [0.05, 0.1) is 6.26 Å². The number of benzene rings is 1. The minimum atomic E-state index is -0.526. The van der Waals surface area contributed by atoms with E-state index >= 15 is 0 Å². The Morgan fingerprint density at radius 1 is 1.30 bits per heavy atom. The van der Waals surface area contributed by atoms with Crippen molar-refractivity contribution in [2.75, 3.05) is 13.2 Å². The van der Waals surface area contributed by atoms with Crippen molar-refractivity contribution < 1.29 is 18.7 Å². The summed E-state index contributed by atoms with van der Waals surface area (Å²) in [6.45, 7) is -0.121. The molecule has 5 heteroatoms. The number of halogens is 1. The summed E-state index contributed by atoms with van der Waals surface area (Å²) in [6, 6.07) is 9.85. The van der Waals surface area contributed by atoms with Gasteiger partial charge in [-0.1, -0.05) is 12.1 Å². The van der Waals surface area contributed by atoms with Crippen LogP contribution in [0.2, 0.25) is 0 Å². The van der Waals surface area contributed by atoms with Crippen LogP contribution in [0.15, 0.2) is 47.1 Å². The van der Waals surface area contributed by atoms with Gasteiger partial charge in [0.1, 0.15) is 18.2 Å². The predicted molar refractivity (Wildman–Crippen MR) is 71.7 cm³/mol. The molecule has 1 atom stereocenters. The Morgan fingerprint density at radius 2 is 2.05 bits per heavy atom. The van der Waals surface area contributed by atoms with E-state index < -0.39 is 12.5 Å². The number of carbonyl (C=O) groups excluding carboxylic acids is 1. The van der Waals surface area contributed by atoms with Gasteiger partial charge in [-0.3, -0.25) is 4.79 Å². The van der Waals surface area contributed by atoms with Crippen LogP contribution in [-0.2, 0) is 4.79 Å². The van der Waals surface area contributed by atoms with E-state index in [4.69, 9.17) is 9.52 Å². The third kappa shape index (κ3) is 3.68. The molecule has 0 aliphatic carbocycles. The normalized spacial score (nSPS) is 12.1. The van der Waals surface area contributed by atoms with Crippen molar-refractivity contribution in [1.82, 2.24) is 5.32 Å². The van der Waals surface area contributed by atoms with Crippen LogP contribution < -0.4 is 5.32 Å². The second kappa shape index (κ2) is 6.86. The molecule has 20 heavy (non-hydrogen) atoms. The third-order valence-electron chi connectivity index (χ3n) is 3.06. The van der Waals surface area contributed by atoms with E-state index in [0.29, 0.717) is 13.0 Å². The van der Waals surface area contributed by atoms with Crippen molar-refractivity contribution >= 4 is 5.91 Å². The van der Waals surface area contributed by atoms with Gasteiger partial charge in [-0.2, -0.15) is 0 Å². The molecule has 1 amide bonds. The highest BCUT2D eigenvalue weighted by atomic mass is 19.1. The van der Waals surface area contributed by atoms with E-state index in [2.05, 4.69) is 5.32 Å². The average Bonchev–Trinajstić information content (AvgIpc) is 2.98. The van der Waals surface area contributed by atoms with E-state index in [0.717, 1.165) is 11.3 Å². The fourth-order valence-corrected chi connectivity index (χ4v) is 2.07. The summed E-state index contributed by atoms with van der Waals surface area (Å²) in [7, 11) is 0. The molecule has 106 valence electrons. The Bertz CT molecular complexity index is 537. The van der Waals surface area contributed by atoms with E-state index in [9.17, 15) is 9.18 Å². The molecule has 0 aliphatic rings. The molecule has 1 aromatic heterocycles. The molecule has 0 fully saturated rings. The van der Waals surface area contributed by atoms with Crippen molar-refractivity contribution in [3.8, 4) is 0 Å². The van der Waals surface area contributed by atoms with Gasteiger partial charge in [0, 0.05) is 12.5 Å². The second-order valence-corrected chi connectivity index (χ2v) is 4.42. The van der Waals surface area contributed by atoms with Crippen molar-refractivity contribution in [3.05, 3.63) is 59.8 Å². The third-order valence-corrected chi connectivity index (χ3v) is 3.06. The van der Waals surface area contributed by atoms with Gasteiger partial charge in [-0.25, -0.2) is 4.39 Å². The summed E-state index contributed by atoms with van der Waals surface area (Å²) in [6.07, 6.45) is 2.18. The highest BCUT2D eigenvalue weighted by molar-refractivity contribution is 5.76. The van der Waals surface area contributed by atoms with Crippen LogP contribution in [0.4, 0.5) is 4.39 Å². The van der Waals surface area contributed by atoms with Crippen molar-refractivity contribution in [1.29, 1.82) is 0 Å². The number of aliphatic hydroxyl groups is 1. The van der Waals surface area contributed by atoms with Crippen LogP contribution in [0.1, 0.15) is 23.7 Å². The molecule has 0 radical (unpaired) electrons.